The Morgan fingerprint density at radius 1 is 1.24 bits per heavy atom. The second kappa shape index (κ2) is 7.17. The summed E-state index contributed by atoms with van der Waals surface area (Å²) in [6.45, 7) is 2.23. The number of hydrogen-bond acceptors (Lipinski definition) is 3. The number of rotatable bonds is 5. The molecule has 0 bridgehead atoms. The van der Waals surface area contributed by atoms with E-state index < -0.39 is 11.7 Å². The maximum Gasteiger partial charge on any atom is 0.257 e. The largest absolute Gasteiger partial charge is 0.494 e. The number of carbonyl (C=O) groups excluding carboxylic acids is 1. The lowest BCUT2D eigenvalue weighted by Gasteiger charge is -2.09. The predicted molar refractivity (Wildman–Crippen MR) is 93.3 cm³/mol. The van der Waals surface area contributed by atoms with Crippen LogP contribution < -0.4 is 15.5 Å². The van der Waals surface area contributed by atoms with Crippen LogP contribution in [-0.4, -0.2) is 17.5 Å². The number of aromatic amines is 1. The van der Waals surface area contributed by atoms with Crippen LogP contribution in [0.15, 0.2) is 53.5 Å². The van der Waals surface area contributed by atoms with Crippen LogP contribution in [0.5, 0.6) is 5.75 Å². The van der Waals surface area contributed by atoms with E-state index in [0.29, 0.717) is 28.8 Å². The number of ether oxygens (including phenoxy) is 1. The number of carbonyl (C=O) groups is 1. The number of amides is 1. The van der Waals surface area contributed by atoms with Crippen molar-refractivity contribution in [1.29, 1.82) is 0 Å². The second-order valence-electron chi connectivity index (χ2n) is 5.45. The van der Waals surface area contributed by atoms with E-state index in [9.17, 15) is 14.0 Å². The van der Waals surface area contributed by atoms with Crippen molar-refractivity contribution in [3.8, 4) is 5.75 Å². The van der Waals surface area contributed by atoms with E-state index in [1.807, 2.05) is 6.92 Å². The van der Waals surface area contributed by atoms with Gasteiger partial charge in [-0.15, -0.1) is 0 Å². The van der Waals surface area contributed by atoms with Crippen molar-refractivity contribution in [2.75, 3.05) is 6.61 Å². The van der Waals surface area contributed by atoms with Gasteiger partial charge in [-0.05, 0) is 25.1 Å². The monoisotopic (exact) mass is 340 g/mol. The molecule has 0 aliphatic heterocycles. The maximum atomic E-state index is 14.0. The molecule has 1 amide bonds. The number of para-hydroxylation sites is 1. The molecule has 1 aromatic heterocycles. The zero-order valence-electron chi connectivity index (χ0n) is 13.6. The summed E-state index contributed by atoms with van der Waals surface area (Å²) in [5.41, 5.74) is 0.597. The van der Waals surface area contributed by atoms with Gasteiger partial charge in [-0.25, -0.2) is 4.39 Å². The van der Waals surface area contributed by atoms with Crippen LogP contribution in [0.25, 0.3) is 10.9 Å². The first-order valence-corrected chi connectivity index (χ1v) is 7.90. The van der Waals surface area contributed by atoms with E-state index >= 15 is 0 Å². The third kappa shape index (κ3) is 3.52. The van der Waals surface area contributed by atoms with Gasteiger partial charge in [0.2, 0.25) is 5.43 Å². The van der Waals surface area contributed by atoms with Crippen LogP contribution in [-0.2, 0) is 6.54 Å². The number of H-pyrrole nitrogens is 1. The van der Waals surface area contributed by atoms with E-state index in [-0.39, 0.29) is 17.5 Å². The molecule has 25 heavy (non-hydrogen) atoms. The van der Waals surface area contributed by atoms with Crippen molar-refractivity contribution in [2.24, 2.45) is 0 Å². The van der Waals surface area contributed by atoms with Gasteiger partial charge in [0.05, 0.1) is 6.61 Å². The minimum atomic E-state index is -0.555. The Bertz CT molecular complexity index is 982. The molecule has 0 saturated carbocycles. The fraction of sp³-hybridized carbons (Fsp3) is 0.158. The van der Waals surface area contributed by atoms with Crippen molar-refractivity contribution in [2.45, 2.75) is 13.5 Å². The van der Waals surface area contributed by atoms with Gasteiger partial charge in [-0.2, -0.15) is 0 Å². The summed E-state index contributed by atoms with van der Waals surface area (Å²) in [5, 5.41) is 3.01. The minimum absolute atomic E-state index is 0.00922. The Morgan fingerprint density at radius 3 is 2.80 bits per heavy atom. The number of halogens is 1. The van der Waals surface area contributed by atoms with Crippen molar-refractivity contribution in [3.63, 3.8) is 0 Å². The Hall–Kier alpha value is -3.15. The smallest absolute Gasteiger partial charge is 0.257 e. The van der Waals surface area contributed by atoms with Gasteiger partial charge >= 0.3 is 0 Å². The first-order chi connectivity index (χ1) is 12.1. The lowest BCUT2D eigenvalue weighted by atomic mass is 10.1. The molecule has 0 aliphatic carbocycles. The zero-order chi connectivity index (χ0) is 17.8. The molecule has 0 aliphatic rings. The van der Waals surface area contributed by atoms with Crippen molar-refractivity contribution < 1.29 is 13.9 Å². The summed E-state index contributed by atoms with van der Waals surface area (Å²) in [6.07, 6.45) is 1.37. The van der Waals surface area contributed by atoms with Crippen LogP contribution >= 0.6 is 0 Å². The average molecular weight is 340 g/mol. The number of benzene rings is 2. The third-order valence-electron chi connectivity index (χ3n) is 3.81. The molecule has 2 N–H and O–H groups in total. The highest BCUT2D eigenvalue weighted by molar-refractivity contribution is 5.97. The fourth-order valence-electron chi connectivity index (χ4n) is 2.53. The van der Waals surface area contributed by atoms with E-state index in [0.717, 1.165) is 0 Å². The Labute approximate surface area is 143 Å². The molecule has 3 aromatic rings. The van der Waals surface area contributed by atoms with Crippen LogP contribution in [0, 0.1) is 5.82 Å². The molecule has 1 heterocycles. The topological polar surface area (TPSA) is 71.2 Å². The number of pyridine rings is 1. The van der Waals surface area contributed by atoms with Crippen molar-refractivity contribution in [3.05, 3.63) is 75.8 Å². The molecule has 0 atom stereocenters. The van der Waals surface area contributed by atoms with Crippen LogP contribution in [0.3, 0.4) is 0 Å². The molecule has 0 unspecified atom stereocenters. The van der Waals surface area contributed by atoms with E-state index in [1.54, 1.807) is 36.4 Å². The molecular weight excluding hydrogens is 323 g/mol. The number of nitrogens with one attached hydrogen (secondary N) is 2. The quantitative estimate of drug-likeness (QED) is 0.750. The van der Waals surface area contributed by atoms with Gasteiger partial charge < -0.3 is 15.0 Å². The van der Waals surface area contributed by atoms with Gasteiger partial charge in [-0.1, -0.05) is 18.2 Å². The predicted octanol–water partition coefficient (Wildman–Crippen LogP) is 3.00. The summed E-state index contributed by atoms with van der Waals surface area (Å²) >= 11 is 0. The Balaban J connectivity index is 1.77. The highest BCUT2D eigenvalue weighted by Crippen LogP contribution is 2.16. The zero-order valence-corrected chi connectivity index (χ0v) is 13.6. The van der Waals surface area contributed by atoms with Crippen LogP contribution in [0.2, 0.25) is 0 Å². The summed E-state index contributed by atoms with van der Waals surface area (Å²) in [4.78, 5) is 27.6. The molecule has 0 radical (unpaired) electrons. The molecule has 6 heteroatoms. The summed E-state index contributed by atoms with van der Waals surface area (Å²) in [5.74, 6) is -0.597. The van der Waals surface area contributed by atoms with E-state index in [1.165, 1.54) is 12.3 Å². The molecule has 3 rings (SSSR count). The van der Waals surface area contributed by atoms with Crippen molar-refractivity contribution in [1.82, 2.24) is 10.3 Å². The molecule has 0 saturated heterocycles. The Kier molecular flexibility index (Phi) is 4.79. The van der Waals surface area contributed by atoms with Gasteiger partial charge in [0.25, 0.3) is 5.91 Å². The highest BCUT2D eigenvalue weighted by atomic mass is 19.1. The molecule has 2 aromatic carbocycles. The average Bonchev–Trinajstić information content (AvgIpc) is 2.61. The minimum Gasteiger partial charge on any atom is -0.494 e. The van der Waals surface area contributed by atoms with E-state index in [4.69, 9.17) is 4.74 Å². The SMILES string of the molecule is CCOc1ccc(CNC(=O)c2c[nH]c3ccccc3c2=O)c(F)c1. The lowest BCUT2D eigenvalue weighted by Crippen LogP contribution is -2.28. The summed E-state index contributed by atoms with van der Waals surface area (Å²) in [7, 11) is 0. The van der Waals surface area contributed by atoms with Gasteiger partial charge in [0, 0.05) is 35.3 Å². The van der Waals surface area contributed by atoms with Gasteiger partial charge in [0.15, 0.2) is 0 Å². The first kappa shape index (κ1) is 16.7. The van der Waals surface area contributed by atoms with Crippen molar-refractivity contribution >= 4 is 16.8 Å². The second-order valence-corrected chi connectivity index (χ2v) is 5.45. The van der Waals surface area contributed by atoms with Gasteiger partial charge in [0.1, 0.15) is 17.1 Å². The number of fused-ring (bicyclic) bond motifs is 1. The van der Waals surface area contributed by atoms with Crippen LogP contribution in [0.1, 0.15) is 22.8 Å². The number of aromatic nitrogens is 1. The van der Waals surface area contributed by atoms with Crippen LogP contribution in [0.4, 0.5) is 4.39 Å². The normalized spacial score (nSPS) is 10.6. The first-order valence-electron chi connectivity index (χ1n) is 7.90. The molecule has 128 valence electrons. The molecule has 5 nitrogen and oxygen atoms in total. The maximum absolute atomic E-state index is 14.0. The fourth-order valence-corrected chi connectivity index (χ4v) is 2.53. The standard InChI is InChI=1S/C19H17FN2O3/c1-2-25-13-8-7-12(16(20)9-13)10-22-19(24)15-11-21-17-6-4-3-5-14(17)18(15)23/h3-9,11H,2,10H2,1H3,(H,21,23)(H,22,24). The van der Waals surface area contributed by atoms with E-state index in [2.05, 4.69) is 10.3 Å². The molecular formula is C19H17FN2O3. The number of hydrogen-bond donors (Lipinski definition) is 2. The molecule has 0 spiro atoms. The summed E-state index contributed by atoms with van der Waals surface area (Å²) in [6, 6.07) is 11.4. The third-order valence-corrected chi connectivity index (χ3v) is 3.81. The molecule has 0 fully saturated rings. The summed E-state index contributed by atoms with van der Waals surface area (Å²) < 4.78 is 19.2. The van der Waals surface area contributed by atoms with Gasteiger partial charge in [-0.3, -0.25) is 9.59 Å². The lowest BCUT2D eigenvalue weighted by molar-refractivity contribution is 0.0949. The highest BCUT2D eigenvalue weighted by Gasteiger charge is 2.13. The Morgan fingerprint density at radius 2 is 2.04 bits per heavy atom.